The van der Waals surface area contributed by atoms with Crippen LogP contribution in [-0.2, 0) is 27.8 Å². The first-order valence-electron chi connectivity index (χ1n) is 12.0. The van der Waals surface area contributed by atoms with E-state index in [1.54, 1.807) is 23.5 Å². The molecule has 1 aromatic heterocycles. The van der Waals surface area contributed by atoms with E-state index in [1.165, 1.54) is 0 Å². The van der Waals surface area contributed by atoms with Crippen LogP contribution in [0.25, 0.3) is 10.9 Å². The summed E-state index contributed by atoms with van der Waals surface area (Å²) in [5.74, 6) is 0.810. The fourth-order valence-electron chi connectivity index (χ4n) is 4.52. The Kier molecular flexibility index (Phi) is 7.90. The molecule has 1 amide bonds. The summed E-state index contributed by atoms with van der Waals surface area (Å²) in [7, 11) is -1.84. The van der Waals surface area contributed by atoms with E-state index < -0.39 is 10.0 Å². The predicted octanol–water partition coefficient (Wildman–Crippen LogP) is 3.96. The van der Waals surface area contributed by atoms with Crippen LogP contribution in [0, 0.1) is 0 Å². The molecule has 0 saturated carbocycles. The highest BCUT2D eigenvalue weighted by molar-refractivity contribution is 7.89. The third kappa shape index (κ3) is 5.62. The van der Waals surface area contributed by atoms with E-state index in [9.17, 15) is 13.2 Å². The number of carbonyl (C=O) groups is 1. The Hall–Kier alpha value is -2.84. The fraction of sp³-hybridized carbons (Fsp3) is 0.423. The molecule has 2 aromatic carbocycles. The lowest BCUT2D eigenvalue weighted by molar-refractivity contribution is -0.121. The maximum atomic E-state index is 13.1. The van der Waals surface area contributed by atoms with Crippen molar-refractivity contribution >= 4 is 26.8 Å². The third-order valence-electron chi connectivity index (χ3n) is 6.43. The molecule has 4 rings (SSSR count). The minimum Gasteiger partial charge on any atom is -0.496 e. The second kappa shape index (κ2) is 11.1. The van der Waals surface area contributed by atoms with Crippen molar-refractivity contribution in [2.45, 2.75) is 50.0 Å². The van der Waals surface area contributed by atoms with E-state index >= 15 is 0 Å². The minimum atomic E-state index is -3.48. The summed E-state index contributed by atoms with van der Waals surface area (Å²) >= 11 is 0. The van der Waals surface area contributed by atoms with Gasteiger partial charge in [0.2, 0.25) is 15.9 Å². The Labute approximate surface area is 201 Å². The van der Waals surface area contributed by atoms with Gasteiger partial charge in [-0.15, -0.1) is 0 Å². The smallest absolute Gasteiger partial charge is 0.243 e. The predicted molar refractivity (Wildman–Crippen MR) is 133 cm³/mol. The molecule has 2 heterocycles. The summed E-state index contributed by atoms with van der Waals surface area (Å²) in [5, 5.41) is 3.84. The molecule has 0 radical (unpaired) electrons. The molecule has 1 aliphatic rings. The summed E-state index contributed by atoms with van der Waals surface area (Å²) in [6, 6.07) is 15.0. The van der Waals surface area contributed by atoms with Gasteiger partial charge in [0.1, 0.15) is 5.75 Å². The van der Waals surface area contributed by atoms with E-state index in [0.29, 0.717) is 43.9 Å². The zero-order valence-electron chi connectivity index (χ0n) is 19.7. The Balaban J connectivity index is 1.34. The summed E-state index contributed by atoms with van der Waals surface area (Å²) < 4.78 is 35.2. The molecule has 0 bridgehead atoms. The van der Waals surface area contributed by atoms with Crippen molar-refractivity contribution in [2.75, 3.05) is 26.7 Å². The number of hydrogen-bond donors (Lipinski definition) is 1. The van der Waals surface area contributed by atoms with Gasteiger partial charge in [-0.3, -0.25) is 4.79 Å². The lowest BCUT2D eigenvalue weighted by atomic mass is 10.1. The number of aromatic nitrogens is 1. The summed E-state index contributed by atoms with van der Waals surface area (Å²) in [6.07, 6.45) is 6.97. The Morgan fingerprint density at radius 3 is 2.56 bits per heavy atom. The molecule has 1 fully saturated rings. The molecule has 182 valence electrons. The van der Waals surface area contributed by atoms with Gasteiger partial charge in [-0.1, -0.05) is 31.0 Å². The van der Waals surface area contributed by atoms with Gasteiger partial charge in [0.15, 0.2) is 0 Å². The average Bonchev–Trinajstić information content (AvgIpc) is 3.04. The first-order valence-corrected chi connectivity index (χ1v) is 13.4. The van der Waals surface area contributed by atoms with Crippen LogP contribution in [-0.4, -0.2) is 49.9 Å². The summed E-state index contributed by atoms with van der Waals surface area (Å²) in [5.41, 5.74) is 1.99. The molecule has 1 aliphatic heterocycles. The zero-order chi connectivity index (χ0) is 24.0. The van der Waals surface area contributed by atoms with Gasteiger partial charge in [0.05, 0.1) is 12.0 Å². The summed E-state index contributed by atoms with van der Waals surface area (Å²) in [4.78, 5) is 12.7. The van der Waals surface area contributed by atoms with E-state index in [-0.39, 0.29) is 5.91 Å². The Morgan fingerprint density at radius 1 is 1.03 bits per heavy atom. The molecule has 1 saturated heterocycles. The molecule has 0 aliphatic carbocycles. The highest BCUT2D eigenvalue weighted by Crippen LogP contribution is 2.25. The van der Waals surface area contributed by atoms with Crippen LogP contribution < -0.4 is 10.1 Å². The minimum absolute atomic E-state index is 0.0166. The number of methoxy groups -OCH3 is 1. The molecule has 0 spiro atoms. The number of hydrogen-bond acceptors (Lipinski definition) is 4. The molecular formula is C26H33N3O4S. The van der Waals surface area contributed by atoms with E-state index in [2.05, 4.69) is 5.32 Å². The SMILES string of the molecule is COc1ccccc1CCNC(=O)CCn1ccc2cc(S(=O)(=O)N3CCCCCC3)ccc21. The van der Waals surface area contributed by atoms with Gasteiger partial charge in [-0.2, -0.15) is 4.31 Å². The fourth-order valence-corrected chi connectivity index (χ4v) is 6.07. The zero-order valence-corrected chi connectivity index (χ0v) is 20.5. The number of benzene rings is 2. The first kappa shape index (κ1) is 24.3. The van der Waals surface area contributed by atoms with Gasteiger partial charge in [0.25, 0.3) is 0 Å². The van der Waals surface area contributed by atoms with Crippen LogP contribution in [0.2, 0.25) is 0 Å². The number of nitrogens with one attached hydrogen (secondary N) is 1. The van der Waals surface area contributed by atoms with Crippen LogP contribution in [0.4, 0.5) is 0 Å². The van der Waals surface area contributed by atoms with Crippen molar-refractivity contribution in [3.05, 3.63) is 60.3 Å². The largest absolute Gasteiger partial charge is 0.496 e. The number of rotatable bonds is 9. The lowest BCUT2D eigenvalue weighted by Crippen LogP contribution is -2.31. The monoisotopic (exact) mass is 483 g/mol. The normalized spacial score (nSPS) is 15.2. The lowest BCUT2D eigenvalue weighted by Gasteiger charge is -2.20. The number of fused-ring (bicyclic) bond motifs is 1. The number of para-hydroxylation sites is 1. The summed E-state index contributed by atoms with van der Waals surface area (Å²) in [6.45, 7) is 2.26. The van der Waals surface area contributed by atoms with Crippen LogP contribution in [0.3, 0.4) is 0 Å². The van der Waals surface area contributed by atoms with Crippen LogP contribution >= 0.6 is 0 Å². The molecule has 8 heteroatoms. The highest BCUT2D eigenvalue weighted by atomic mass is 32.2. The topological polar surface area (TPSA) is 80.6 Å². The highest BCUT2D eigenvalue weighted by Gasteiger charge is 2.25. The van der Waals surface area contributed by atoms with E-state index in [1.807, 2.05) is 47.2 Å². The maximum Gasteiger partial charge on any atom is 0.243 e. The molecule has 7 nitrogen and oxygen atoms in total. The second-order valence-corrected chi connectivity index (χ2v) is 10.6. The standard InChI is InChI=1S/C26H33N3O4S/c1-33-25-9-5-4-8-21(25)12-15-27-26(30)14-19-28-18-13-22-20-23(10-11-24(22)28)34(31,32)29-16-6-2-3-7-17-29/h4-5,8-11,13,18,20H,2-3,6-7,12,14-17,19H2,1H3,(H,27,30). The van der Waals surface area contributed by atoms with Crippen LogP contribution in [0.5, 0.6) is 5.75 Å². The van der Waals surface area contributed by atoms with Gasteiger partial charge < -0.3 is 14.6 Å². The van der Waals surface area contributed by atoms with E-state index in [0.717, 1.165) is 47.9 Å². The molecule has 3 aromatic rings. The van der Waals surface area contributed by atoms with Crippen molar-refractivity contribution in [1.29, 1.82) is 0 Å². The third-order valence-corrected chi connectivity index (χ3v) is 8.33. The average molecular weight is 484 g/mol. The number of aryl methyl sites for hydroxylation is 1. The first-order chi connectivity index (χ1) is 16.5. The molecule has 0 unspecified atom stereocenters. The molecule has 34 heavy (non-hydrogen) atoms. The van der Waals surface area contributed by atoms with E-state index in [4.69, 9.17) is 4.74 Å². The van der Waals surface area contributed by atoms with Crippen molar-refractivity contribution in [2.24, 2.45) is 0 Å². The van der Waals surface area contributed by atoms with Gasteiger partial charge >= 0.3 is 0 Å². The Bertz CT molecular complexity index is 1230. The van der Waals surface area contributed by atoms with Crippen molar-refractivity contribution < 1.29 is 17.9 Å². The molecule has 0 atom stereocenters. The number of ether oxygens (including phenoxy) is 1. The number of nitrogens with zero attached hydrogens (tertiary/aromatic N) is 2. The van der Waals surface area contributed by atoms with Crippen molar-refractivity contribution in [3.8, 4) is 5.75 Å². The maximum absolute atomic E-state index is 13.1. The second-order valence-electron chi connectivity index (χ2n) is 8.71. The number of sulfonamides is 1. The van der Waals surface area contributed by atoms with Crippen LogP contribution in [0.1, 0.15) is 37.7 Å². The van der Waals surface area contributed by atoms with Crippen molar-refractivity contribution in [3.63, 3.8) is 0 Å². The number of carbonyl (C=O) groups excluding carboxylic acids is 1. The quantitative estimate of drug-likeness (QED) is 0.500. The van der Waals surface area contributed by atoms with Crippen molar-refractivity contribution in [1.82, 2.24) is 14.2 Å². The molecule has 1 N–H and O–H groups in total. The van der Waals surface area contributed by atoms with Gasteiger partial charge in [0, 0.05) is 49.7 Å². The van der Waals surface area contributed by atoms with Gasteiger partial charge in [-0.25, -0.2) is 8.42 Å². The number of amides is 1. The van der Waals surface area contributed by atoms with Gasteiger partial charge in [-0.05, 0) is 55.2 Å². The Morgan fingerprint density at radius 2 is 1.79 bits per heavy atom. The van der Waals surface area contributed by atoms with Crippen LogP contribution in [0.15, 0.2) is 59.6 Å². The molecular weight excluding hydrogens is 450 g/mol.